The number of piperidine rings is 1. The molecule has 1 amide bonds. The van der Waals surface area contributed by atoms with Crippen molar-refractivity contribution in [1.29, 1.82) is 0 Å². The third-order valence-electron chi connectivity index (χ3n) is 5.18. The van der Waals surface area contributed by atoms with Crippen molar-refractivity contribution >= 4 is 17.8 Å². The maximum Gasteiger partial charge on any atom is 0.330 e. The van der Waals surface area contributed by atoms with Gasteiger partial charge in [-0.3, -0.25) is 9.59 Å². The van der Waals surface area contributed by atoms with Gasteiger partial charge in [-0.15, -0.1) is 5.06 Å². The Kier molecular flexibility index (Phi) is 7.06. The van der Waals surface area contributed by atoms with Gasteiger partial charge in [0.15, 0.2) is 0 Å². The molecule has 0 saturated carbocycles. The summed E-state index contributed by atoms with van der Waals surface area (Å²) in [5, 5.41) is 4.70. The Hall–Kier alpha value is -2.41. The second kappa shape index (κ2) is 8.95. The normalized spacial score (nSPS) is 16.2. The Balaban J connectivity index is 1.89. The standard InChI is InChI=1S/C22H32N2O5/c1-21(2,3)19(26)29-24-13-11-17(12-14-24)23-18(25)15-7-9-16(10-8-15)22(4,5)20(27)28-6/h7-10,17H,11-14H2,1-6H3,(H,23,25). The fourth-order valence-corrected chi connectivity index (χ4v) is 3.03. The number of hydroxylamine groups is 2. The third-order valence-corrected chi connectivity index (χ3v) is 5.18. The molecule has 0 spiro atoms. The van der Waals surface area contributed by atoms with Crippen LogP contribution in [0.15, 0.2) is 24.3 Å². The summed E-state index contributed by atoms with van der Waals surface area (Å²) < 4.78 is 4.85. The first-order valence-corrected chi connectivity index (χ1v) is 9.92. The van der Waals surface area contributed by atoms with Crippen LogP contribution in [0.4, 0.5) is 0 Å². The summed E-state index contributed by atoms with van der Waals surface area (Å²) >= 11 is 0. The van der Waals surface area contributed by atoms with E-state index in [1.54, 1.807) is 43.2 Å². The Morgan fingerprint density at radius 2 is 1.52 bits per heavy atom. The second-order valence-corrected chi connectivity index (χ2v) is 9.00. The molecule has 7 nitrogen and oxygen atoms in total. The highest BCUT2D eigenvalue weighted by Gasteiger charge is 2.31. The summed E-state index contributed by atoms with van der Waals surface area (Å²) in [6.07, 6.45) is 1.41. The number of amides is 1. The number of methoxy groups -OCH3 is 1. The highest BCUT2D eigenvalue weighted by Crippen LogP contribution is 2.25. The number of hydrogen-bond acceptors (Lipinski definition) is 6. The van der Waals surface area contributed by atoms with Gasteiger partial charge in [0.25, 0.3) is 5.91 Å². The van der Waals surface area contributed by atoms with Crippen molar-refractivity contribution in [3.8, 4) is 0 Å². The van der Waals surface area contributed by atoms with Gasteiger partial charge in [0.2, 0.25) is 0 Å². The van der Waals surface area contributed by atoms with Crippen molar-refractivity contribution in [2.75, 3.05) is 20.2 Å². The molecule has 29 heavy (non-hydrogen) atoms. The molecule has 160 valence electrons. The van der Waals surface area contributed by atoms with Crippen molar-refractivity contribution in [3.05, 3.63) is 35.4 Å². The molecule has 1 aromatic rings. The van der Waals surface area contributed by atoms with Crippen LogP contribution in [0.25, 0.3) is 0 Å². The minimum absolute atomic E-state index is 0.0262. The SMILES string of the molecule is COC(=O)C(C)(C)c1ccc(C(=O)NC2CCN(OC(=O)C(C)(C)C)CC2)cc1. The van der Waals surface area contributed by atoms with E-state index in [-0.39, 0.29) is 23.9 Å². The molecule has 1 fully saturated rings. The van der Waals surface area contributed by atoms with Gasteiger partial charge < -0.3 is 14.9 Å². The minimum atomic E-state index is -0.777. The van der Waals surface area contributed by atoms with E-state index in [1.165, 1.54) is 7.11 Å². The highest BCUT2D eigenvalue weighted by molar-refractivity contribution is 5.94. The predicted molar refractivity (Wildman–Crippen MR) is 109 cm³/mol. The van der Waals surface area contributed by atoms with Crippen LogP contribution in [0.1, 0.15) is 63.4 Å². The van der Waals surface area contributed by atoms with Gasteiger partial charge in [-0.05, 0) is 65.2 Å². The van der Waals surface area contributed by atoms with Crippen LogP contribution in [-0.4, -0.2) is 49.2 Å². The first-order valence-electron chi connectivity index (χ1n) is 9.92. The average Bonchev–Trinajstić information content (AvgIpc) is 2.68. The molecule has 0 aromatic heterocycles. The number of esters is 1. The number of nitrogens with zero attached hydrogens (tertiary/aromatic N) is 1. The molecule has 0 bridgehead atoms. The van der Waals surface area contributed by atoms with Crippen molar-refractivity contribution in [2.45, 2.75) is 58.9 Å². The van der Waals surface area contributed by atoms with E-state index in [0.29, 0.717) is 31.5 Å². The van der Waals surface area contributed by atoms with E-state index >= 15 is 0 Å². The van der Waals surface area contributed by atoms with E-state index in [4.69, 9.17) is 9.57 Å². The third kappa shape index (κ3) is 5.79. The Morgan fingerprint density at radius 3 is 2.00 bits per heavy atom. The molecule has 1 aliphatic heterocycles. The van der Waals surface area contributed by atoms with Crippen LogP contribution < -0.4 is 5.32 Å². The van der Waals surface area contributed by atoms with Gasteiger partial charge in [0, 0.05) is 24.7 Å². The number of hydrogen-bond donors (Lipinski definition) is 1. The van der Waals surface area contributed by atoms with Crippen molar-refractivity contribution in [2.24, 2.45) is 5.41 Å². The lowest BCUT2D eigenvalue weighted by Crippen LogP contribution is -2.46. The molecule has 1 aromatic carbocycles. The van der Waals surface area contributed by atoms with Crippen molar-refractivity contribution in [1.82, 2.24) is 10.4 Å². The first kappa shape index (κ1) is 22.9. The van der Waals surface area contributed by atoms with Crippen LogP contribution in [-0.2, 0) is 24.6 Å². The van der Waals surface area contributed by atoms with Crippen molar-refractivity contribution < 1.29 is 24.0 Å². The maximum atomic E-state index is 12.6. The van der Waals surface area contributed by atoms with E-state index in [0.717, 1.165) is 5.56 Å². The molecule has 0 radical (unpaired) electrons. The Bertz CT molecular complexity index is 741. The molecule has 1 saturated heterocycles. The van der Waals surface area contributed by atoms with Gasteiger partial charge in [-0.1, -0.05) is 12.1 Å². The molecular weight excluding hydrogens is 372 g/mol. The molecular formula is C22H32N2O5. The Morgan fingerprint density at radius 1 is 0.966 bits per heavy atom. The van der Waals surface area contributed by atoms with Crippen molar-refractivity contribution in [3.63, 3.8) is 0 Å². The number of carbonyl (C=O) groups is 3. The van der Waals surface area contributed by atoms with Crippen LogP contribution in [0, 0.1) is 5.41 Å². The predicted octanol–water partition coefficient (Wildman–Crippen LogP) is 2.84. The quantitative estimate of drug-likeness (QED) is 0.760. The van der Waals surface area contributed by atoms with Gasteiger partial charge in [0.1, 0.15) is 0 Å². The van der Waals surface area contributed by atoms with Gasteiger partial charge >= 0.3 is 11.9 Å². The van der Waals surface area contributed by atoms with Crippen LogP contribution >= 0.6 is 0 Å². The molecule has 0 aliphatic carbocycles. The lowest BCUT2D eigenvalue weighted by molar-refractivity contribution is -0.204. The summed E-state index contributed by atoms with van der Waals surface area (Å²) in [5.74, 6) is -0.735. The van der Waals surface area contributed by atoms with Gasteiger partial charge in [-0.25, -0.2) is 4.79 Å². The number of benzene rings is 1. The zero-order valence-electron chi connectivity index (χ0n) is 18.2. The summed E-state index contributed by atoms with van der Waals surface area (Å²) in [6.45, 7) is 10.2. The minimum Gasteiger partial charge on any atom is -0.468 e. The molecule has 1 N–H and O–H groups in total. The molecule has 1 heterocycles. The van der Waals surface area contributed by atoms with Crippen LogP contribution in [0.3, 0.4) is 0 Å². The van der Waals surface area contributed by atoms with E-state index in [1.807, 2.05) is 20.8 Å². The zero-order valence-corrected chi connectivity index (χ0v) is 18.2. The number of nitrogens with one attached hydrogen (secondary N) is 1. The first-order chi connectivity index (χ1) is 13.4. The van der Waals surface area contributed by atoms with Gasteiger partial charge in [0.05, 0.1) is 17.9 Å². The number of ether oxygens (including phenoxy) is 1. The fourth-order valence-electron chi connectivity index (χ4n) is 3.03. The lowest BCUT2D eigenvalue weighted by Gasteiger charge is -2.32. The topological polar surface area (TPSA) is 84.9 Å². The summed E-state index contributed by atoms with van der Waals surface area (Å²) in [4.78, 5) is 41.9. The zero-order chi connectivity index (χ0) is 21.8. The smallest absolute Gasteiger partial charge is 0.330 e. The van der Waals surface area contributed by atoms with Gasteiger partial charge in [-0.2, -0.15) is 0 Å². The van der Waals surface area contributed by atoms with Crippen LogP contribution in [0.2, 0.25) is 0 Å². The van der Waals surface area contributed by atoms with E-state index in [9.17, 15) is 14.4 Å². The Labute approximate surface area is 172 Å². The maximum absolute atomic E-state index is 12.6. The lowest BCUT2D eigenvalue weighted by atomic mass is 9.84. The molecule has 0 unspecified atom stereocenters. The summed E-state index contributed by atoms with van der Waals surface area (Å²) in [7, 11) is 1.36. The fraction of sp³-hybridized carbons (Fsp3) is 0.591. The summed E-state index contributed by atoms with van der Waals surface area (Å²) in [5.41, 5.74) is 0.00617. The van der Waals surface area contributed by atoms with Crippen LogP contribution in [0.5, 0.6) is 0 Å². The monoisotopic (exact) mass is 404 g/mol. The highest BCUT2D eigenvalue weighted by atomic mass is 16.7. The number of carbonyl (C=O) groups excluding carboxylic acids is 3. The largest absolute Gasteiger partial charge is 0.468 e. The molecule has 1 aliphatic rings. The molecule has 7 heteroatoms. The average molecular weight is 405 g/mol. The summed E-state index contributed by atoms with van der Waals surface area (Å²) in [6, 6.07) is 7.02. The van der Waals surface area contributed by atoms with E-state index in [2.05, 4.69) is 5.32 Å². The second-order valence-electron chi connectivity index (χ2n) is 9.00. The molecule has 2 rings (SSSR count). The van der Waals surface area contributed by atoms with E-state index < -0.39 is 10.8 Å². The number of rotatable bonds is 5. The molecule has 0 atom stereocenters.